The molecule has 1 aromatic rings. The first-order valence-corrected chi connectivity index (χ1v) is 7.23. The molecule has 0 saturated carbocycles. The van der Waals surface area contributed by atoms with Gasteiger partial charge in [0.25, 0.3) is 0 Å². The van der Waals surface area contributed by atoms with Gasteiger partial charge in [0.1, 0.15) is 0 Å². The molecule has 1 aliphatic rings. The number of nitrogens with one attached hydrogen (secondary N) is 1. The highest BCUT2D eigenvalue weighted by atomic mass is 35.5. The van der Waals surface area contributed by atoms with Gasteiger partial charge in [0.15, 0.2) is 0 Å². The normalized spacial score (nSPS) is 23.2. The molecule has 1 N–H and O–H groups in total. The van der Waals surface area contributed by atoms with Crippen LogP contribution in [0.3, 0.4) is 0 Å². The Balaban J connectivity index is 1.81. The van der Waals surface area contributed by atoms with Gasteiger partial charge in [-0.2, -0.15) is 0 Å². The Morgan fingerprint density at radius 3 is 3.20 bits per heavy atom. The van der Waals surface area contributed by atoms with Gasteiger partial charge in [0, 0.05) is 31.4 Å². The van der Waals surface area contributed by atoms with Crippen LogP contribution in [0.5, 0.6) is 0 Å². The summed E-state index contributed by atoms with van der Waals surface area (Å²) in [6, 6.07) is 4.72. The molecule has 2 nitrogen and oxygen atoms in total. The van der Waals surface area contributed by atoms with E-state index in [9.17, 15) is 0 Å². The van der Waals surface area contributed by atoms with E-state index < -0.39 is 0 Å². The first-order chi connectivity index (χ1) is 7.25. The van der Waals surface area contributed by atoms with Crippen LogP contribution in [0, 0.1) is 0 Å². The van der Waals surface area contributed by atoms with Crippen LogP contribution >= 0.6 is 34.7 Å². The zero-order valence-corrected chi connectivity index (χ0v) is 11.1. The molecule has 1 atom stereocenters. The maximum Gasteiger partial charge on any atom is 0.0940 e. The molecule has 1 aromatic heterocycles. The Labute approximate surface area is 104 Å². The van der Waals surface area contributed by atoms with Crippen molar-refractivity contribution in [1.29, 1.82) is 0 Å². The van der Waals surface area contributed by atoms with Crippen molar-refractivity contribution in [2.75, 3.05) is 32.4 Å². The SMILES string of the molecule is CN1CCNCC1CSc1ccc(Cl)s1. The van der Waals surface area contributed by atoms with Gasteiger partial charge in [-0.1, -0.05) is 11.6 Å². The van der Waals surface area contributed by atoms with Crippen molar-refractivity contribution in [3.8, 4) is 0 Å². The topological polar surface area (TPSA) is 15.3 Å². The first-order valence-electron chi connectivity index (χ1n) is 5.05. The van der Waals surface area contributed by atoms with Crippen molar-refractivity contribution in [1.82, 2.24) is 10.2 Å². The third-order valence-electron chi connectivity index (χ3n) is 2.61. The Hall–Kier alpha value is 0.260. The van der Waals surface area contributed by atoms with Crippen molar-refractivity contribution < 1.29 is 0 Å². The third-order valence-corrected chi connectivity index (χ3v) is 5.21. The third kappa shape index (κ3) is 3.36. The van der Waals surface area contributed by atoms with Gasteiger partial charge in [-0.05, 0) is 19.2 Å². The van der Waals surface area contributed by atoms with E-state index in [1.54, 1.807) is 11.3 Å². The number of nitrogens with zero attached hydrogens (tertiary/aromatic N) is 1. The quantitative estimate of drug-likeness (QED) is 0.843. The summed E-state index contributed by atoms with van der Waals surface area (Å²) in [6.07, 6.45) is 0. The Bertz CT molecular complexity index is 316. The Kier molecular flexibility index (Phi) is 4.34. The van der Waals surface area contributed by atoms with E-state index in [0.717, 1.165) is 29.7 Å². The number of thiophene rings is 1. The summed E-state index contributed by atoms with van der Waals surface area (Å²) in [5.41, 5.74) is 0. The average Bonchev–Trinajstić information content (AvgIpc) is 2.63. The standard InChI is InChI=1S/C10H15ClN2S2/c1-13-5-4-12-6-8(13)7-14-10-3-2-9(11)15-10/h2-3,8,12H,4-7H2,1H3. The van der Waals surface area contributed by atoms with Gasteiger partial charge in [-0.15, -0.1) is 23.1 Å². The summed E-state index contributed by atoms with van der Waals surface area (Å²) in [4.78, 5) is 2.43. The highest BCUT2D eigenvalue weighted by Gasteiger charge is 2.18. The minimum absolute atomic E-state index is 0.643. The van der Waals surface area contributed by atoms with Crippen LogP contribution in [-0.2, 0) is 0 Å². The van der Waals surface area contributed by atoms with Crippen molar-refractivity contribution in [2.24, 2.45) is 0 Å². The van der Waals surface area contributed by atoms with Crippen LogP contribution in [0.2, 0.25) is 4.34 Å². The van der Waals surface area contributed by atoms with Crippen molar-refractivity contribution in [3.05, 3.63) is 16.5 Å². The first kappa shape index (κ1) is 11.7. The number of likely N-dealkylation sites (N-methyl/N-ethyl adjacent to an activating group) is 1. The largest absolute Gasteiger partial charge is 0.314 e. The lowest BCUT2D eigenvalue weighted by atomic mass is 10.2. The number of rotatable bonds is 3. The van der Waals surface area contributed by atoms with Crippen LogP contribution in [0.4, 0.5) is 0 Å². The minimum Gasteiger partial charge on any atom is -0.314 e. The minimum atomic E-state index is 0.643. The molecule has 0 aliphatic carbocycles. The molecule has 0 amide bonds. The van der Waals surface area contributed by atoms with Gasteiger partial charge >= 0.3 is 0 Å². The summed E-state index contributed by atoms with van der Waals surface area (Å²) in [5.74, 6) is 1.14. The van der Waals surface area contributed by atoms with Crippen LogP contribution in [0.15, 0.2) is 16.3 Å². The molecule has 0 aromatic carbocycles. The number of hydrogen-bond donors (Lipinski definition) is 1. The maximum atomic E-state index is 5.89. The lowest BCUT2D eigenvalue weighted by molar-refractivity contribution is 0.218. The average molecular weight is 263 g/mol. The predicted molar refractivity (Wildman–Crippen MR) is 69.3 cm³/mol. The second-order valence-electron chi connectivity index (χ2n) is 3.71. The maximum absolute atomic E-state index is 5.89. The van der Waals surface area contributed by atoms with Gasteiger partial charge in [-0.3, -0.25) is 0 Å². The van der Waals surface area contributed by atoms with Crippen LogP contribution < -0.4 is 5.32 Å². The predicted octanol–water partition coefficient (Wildman–Crippen LogP) is 2.40. The highest BCUT2D eigenvalue weighted by Crippen LogP contribution is 2.31. The van der Waals surface area contributed by atoms with Gasteiger partial charge in [0.05, 0.1) is 8.55 Å². The van der Waals surface area contributed by atoms with E-state index in [4.69, 9.17) is 11.6 Å². The van der Waals surface area contributed by atoms with Crippen molar-refractivity contribution in [3.63, 3.8) is 0 Å². The lowest BCUT2D eigenvalue weighted by Crippen LogP contribution is -2.50. The molecule has 2 heterocycles. The Morgan fingerprint density at radius 1 is 1.67 bits per heavy atom. The highest BCUT2D eigenvalue weighted by molar-refractivity contribution is 8.01. The molecule has 1 saturated heterocycles. The fourth-order valence-corrected chi connectivity index (χ4v) is 4.12. The fourth-order valence-electron chi connectivity index (χ4n) is 1.60. The lowest BCUT2D eigenvalue weighted by Gasteiger charge is -2.32. The van der Waals surface area contributed by atoms with E-state index in [0.29, 0.717) is 6.04 Å². The Morgan fingerprint density at radius 2 is 2.53 bits per heavy atom. The molecule has 0 spiro atoms. The summed E-state index contributed by atoms with van der Waals surface area (Å²) in [5, 5.41) is 3.43. The molecule has 5 heteroatoms. The van der Waals surface area contributed by atoms with Gasteiger partial charge < -0.3 is 10.2 Å². The molecular formula is C10H15ClN2S2. The number of piperazine rings is 1. The number of thioether (sulfide) groups is 1. The number of hydrogen-bond acceptors (Lipinski definition) is 4. The molecule has 15 heavy (non-hydrogen) atoms. The second-order valence-corrected chi connectivity index (χ2v) is 6.74. The van der Waals surface area contributed by atoms with Crippen molar-refractivity contribution in [2.45, 2.75) is 10.3 Å². The van der Waals surface area contributed by atoms with Crippen LogP contribution in [0.1, 0.15) is 0 Å². The summed E-state index contributed by atoms with van der Waals surface area (Å²) < 4.78 is 2.20. The number of halogens is 1. The van der Waals surface area contributed by atoms with E-state index in [-0.39, 0.29) is 0 Å². The van der Waals surface area contributed by atoms with Gasteiger partial charge in [-0.25, -0.2) is 0 Å². The molecule has 0 radical (unpaired) electrons. The summed E-state index contributed by atoms with van der Waals surface area (Å²) >= 11 is 9.46. The van der Waals surface area contributed by atoms with Crippen LogP contribution in [-0.4, -0.2) is 43.4 Å². The van der Waals surface area contributed by atoms with E-state index in [2.05, 4.69) is 23.3 Å². The smallest absolute Gasteiger partial charge is 0.0940 e. The molecular weight excluding hydrogens is 248 g/mol. The fraction of sp³-hybridized carbons (Fsp3) is 0.600. The van der Waals surface area contributed by atoms with Gasteiger partial charge in [0.2, 0.25) is 0 Å². The second kappa shape index (κ2) is 5.55. The van der Waals surface area contributed by atoms with E-state index in [1.165, 1.54) is 4.21 Å². The molecule has 1 unspecified atom stereocenters. The zero-order chi connectivity index (χ0) is 10.7. The molecule has 84 valence electrons. The monoisotopic (exact) mass is 262 g/mol. The molecule has 0 bridgehead atoms. The summed E-state index contributed by atoms with van der Waals surface area (Å²) in [7, 11) is 2.20. The molecule has 1 aliphatic heterocycles. The van der Waals surface area contributed by atoms with Crippen LogP contribution in [0.25, 0.3) is 0 Å². The summed E-state index contributed by atoms with van der Waals surface area (Å²) in [6.45, 7) is 3.36. The molecule has 2 rings (SSSR count). The van der Waals surface area contributed by atoms with E-state index >= 15 is 0 Å². The van der Waals surface area contributed by atoms with Crippen molar-refractivity contribution >= 4 is 34.7 Å². The van der Waals surface area contributed by atoms with E-state index in [1.807, 2.05) is 17.8 Å². The molecule has 1 fully saturated rings. The zero-order valence-electron chi connectivity index (χ0n) is 8.70.